The van der Waals surface area contributed by atoms with Crippen LogP contribution in [0.15, 0.2) is 30.5 Å². The summed E-state index contributed by atoms with van der Waals surface area (Å²) in [6.45, 7) is 0. The number of carbonyl (C=O) groups is 1. The van der Waals surface area contributed by atoms with Crippen molar-refractivity contribution in [2.75, 3.05) is 12.8 Å². The van der Waals surface area contributed by atoms with E-state index in [1.54, 1.807) is 18.2 Å². The number of benzene rings is 1. The molecule has 1 heterocycles. The van der Waals surface area contributed by atoms with Gasteiger partial charge in [0.1, 0.15) is 0 Å². The van der Waals surface area contributed by atoms with Gasteiger partial charge in [0.15, 0.2) is 0 Å². The lowest BCUT2D eigenvalue weighted by molar-refractivity contribution is 0.0602. The molecule has 2 N–H and O–H groups in total. The number of rotatable bonds is 2. The van der Waals surface area contributed by atoms with E-state index in [1.807, 2.05) is 0 Å². The highest BCUT2D eigenvalue weighted by atomic mass is 35.5. The number of hydrogen-bond donors (Lipinski definition) is 1. The summed E-state index contributed by atoms with van der Waals surface area (Å²) in [6.07, 6.45) is 1.49. The van der Waals surface area contributed by atoms with Crippen molar-refractivity contribution in [3.8, 4) is 11.3 Å². The predicted molar refractivity (Wildman–Crippen MR) is 75.4 cm³/mol. The van der Waals surface area contributed by atoms with Gasteiger partial charge in [0, 0.05) is 11.8 Å². The lowest BCUT2D eigenvalue weighted by atomic mass is 10.1. The number of methoxy groups -OCH3 is 1. The van der Waals surface area contributed by atoms with E-state index in [0.29, 0.717) is 21.3 Å². The van der Waals surface area contributed by atoms with Gasteiger partial charge in [-0.25, -0.2) is 4.79 Å². The van der Waals surface area contributed by atoms with Gasteiger partial charge in [0.25, 0.3) is 0 Å². The molecule has 0 aliphatic carbocycles. The molecule has 6 heteroatoms. The van der Waals surface area contributed by atoms with E-state index in [-0.39, 0.29) is 11.3 Å². The van der Waals surface area contributed by atoms with E-state index in [0.717, 1.165) is 0 Å². The molecule has 2 rings (SSSR count). The summed E-state index contributed by atoms with van der Waals surface area (Å²) in [5.41, 5.74) is 7.58. The number of pyridine rings is 1. The molecule has 0 radical (unpaired) electrons. The number of aromatic nitrogens is 1. The quantitative estimate of drug-likeness (QED) is 0.862. The normalized spacial score (nSPS) is 10.3. The first-order valence-electron chi connectivity index (χ1n) is 5.32. The molecular weight excluding hydrogens is 287 g/mol. The van der Waals surface area contributed by atoms with Crippen LogP contribution in [0.2, 0.25) is 10.0 Å². The van der Waals surface area contributed by atoms with Gasteiger partial charge in [-0.1, -0.05) is 29.3 Å². The predicted octanol–water partition coefficient (Wildman–Crippen LogP) is 3.42. The third-order valence-electron chi connectivity index (χ3n) is 2.59. The highest BCUT2D eigenvalue weighted by Crippen LogP contribution is 2.31. The summed E-state index contributed by atoms with van der Waals surface area (Å²) in [4.78, 5) is 15.7. The second kappa shape index (κ2) is 5.47. The first kappa shape index (κ1) is 13.6. The molecule has 98 valence electrons. The molecule has 4 nitrogen and oxygen atoms in total. The minimum absolute atomic E-state index is 0.243. The fourth-order valence-electron chi connectivity index (χ4n) is 1.63. The van der Waals surface area contributed by atoms with Crippen molar-refractivity contribution >= 4 is 34.9 Å². The molecule has 19 heavy (non-hydrogen) atoms. The second-order valence-electron chi connectivity index (χ2n) is 3.74. The number of esters is 1. The topological polar surface area (TPSA) is 65.2 Å². The monoisotopic (exact) mass is 296 g/mol. The van der Waals surface area contributed by atoms with Gasteiger partial charge in [0.05, 0.1) is 34.1 Å². The molecule has 0 spiro atoms. The minimum Gasteiger partial charge on any atom is -0.465 e. The van der Waals surface area contributed by atoms with Gasteiger partial charge >= 0.3 is 5.97 Å². The number of hydrogen-bond acceptors (Lipinski definition) is 4. The van der Waals surface area contributed by atoms with E-state index in [9.17, 15) is 4.79 Å². The minimum atomic E-state index is -0.513. The zero-order valence-electron chi connectivity index (χ0n) is 9.98. The van der Waals surface area contributed by atoms with Crippen molar-refractivity contribution in [3.63, 3.8) is 0 Å². The third-order valence-corrected chi connectivity index (χ3v) is 3.33. The molecule has 0 saturated carbocycles. The molecule has 0 amide bonds. The molecule has 0 aliphatic heterocycles. The molecule has 0 fully saturated rings. The molecule has 0 bridgehead atoms. The lowest BCUT2D eigenvalue weighted by Crippen LogP contribution is -2.07. The number of carbonyl (C=O) groups excluding carboxylic acids is 1. The van der Waals surface area contributed by atoms with Crippen molar-refractivity contribution in [1.29, 1.82) is 0 Å². The van der Waals surface area contributed by atoms with Gasteiger partial charge in [-0.2, -0.15) is 0 Å². The van der Waals surface area contributed by atoms with E-state index in [2.05, 4.69) is 9.72 Å². The van der Waals surface area contributed by atoms with Gasteiger partial charge in [-0.15, -0.1) is 0 Å². The first-order chi connectivity index (χ1) is 9.04. The Morgan fingerprint density at radius 3 is 2.63 bits per heavy atom. The van der Waals surface area contributed by atoms with E-state index < -0.39 is 5.97 Å². The number of halogens is 2. The maximum absolute atomic E-state index is 11.6. The summed E-state index contributed by atoms with van der Waals surface area (Å²) in [5.74, 6) is -0.513. The molecule has 0 atom stereocenters. The van der Waals surface area contributed by atoms with Gasteiger partial charge in [0.2, 0.25) is 0 Å². The maximum atomic E-state index is 11.6. The highest BCUT2D eigenvalue weighted by Gasteiger charge is 2.15. The Balaban J connectivity index is 2.56. The molecule has 1 aromatic carbocycles. The fraction of sp³-hybridized carbons (Fsp3) is 0.0769. The Hall–Kier alpha value is -1.78. The van der Waals surface area contributed by atoms with Crippen LogP contribution in [0.5, 0.6) is 0 Å². The SMILES string of the molecule is COC(=O)c1ccnc(-c2ccc(Cl)c(Cl)c2)c1N. The fourth-order valence-corrected chi connectivity index (χ4v) is 1.93. The Bertz CT molecular complexity index is 645. The average molecular weight is 297 g/mol. The zero-order chi connectivity index (χ0) is 14.0. The van der Waals surface area contributed by atoms with E-state index in [1.165, 1.54) is 19.4 Å². The number of nitrogens with zero attached hydrogens (tertiary/aromatic N) is 1. The van der Waals surface area contributed by atoms with Crippen LogP contribution in [0.4, 0.5) is 5.69 Å². The number of nitrogens with two attached hydrogens (primary N) is 1. The summed E-state index contributed by atoms with van der Waals surface area (Å²) >= 11 is 11.8. The number of anilines is 1. The Morgan fingerprint density at radius 1 is 1.26 bits per heavy atom. The van der Waals surface area contributed by atoms with Crippen LogP contribution in [0, 0.1) is 0 Å². The van der Waals surface area contributed by atoms with Gasteiger partial charge in [-0.05, 0) is 18.2 Å². The summed E-state index contributed by atoms with van der Waals surface area (Å²) in [7, 11) is 1.29. The Labute approximate surface area is 120 Å². The van der Waals surface area contributed by atoms with Crippen LogP contribution in [-0.2, 0) is 4.74 Å². The van der Waals surface area contributed by atoms with Crippen LogP contribution < -0.4 is 5.73 Å². The number of ether oxygens (including phenoxy) is 1. The van der Waals surface area contributed by atoms with Crippen molar-refractivity contribution in [2.45, 2.75) is 0 Å². The Morgan fingerprint density at radius 2 is 2.00 bits per heavy atom. The van der Waals surface area contributed by atoms with Gasteiger partial charge < -0.3 is 10.5 Å². The van der Waals surface area contributed by atoms with E-state index in [4.69, 9.17) is 28.9 Å². The molecule has 0 saturated heterocycles. The average Bonchev–Trinajstić information content (AvgIpc) is 2.41. The highest BCUT2D eigenvalue weighted by molar-refractivity contribution is 6.42. The molecular formula is C13H10Cl2N2O2. The maximum Gasteiger partial charge on any atom is 0.340 e. The second-order valence-corrected chi connectivity index (χ2v) is 4.56. The molecule has 0 unspecified atom stereocenters. The molecule has 1 aromatic heterocycles. The van der Waals surface area contributed by atoms with Crippen LogP contribution in [0.25, 0.3) is 11.3 Å². The summed E-state index contributed by atoms with van der Waals surface area (Å²) in [5, 5.41) is 0.831. The summed E-state index contributed by atoms with van der Waals surface area (Å²) in [6, 6.07) is 6.52. The van der Waals surface area contributed by atoms with Crippen molar-refractivity contribution in [1.82, 2.24) is 4.98 Å². The van der Waals surface area contributed by atoms with Crippen LogP contribution in [-0.4, -0.2) is 18.1 Å². The van der Waals surface area contributed by atoms with Crippen molar-refractivity contribution < 1.29 is 9.53 Å². The molecule has 0 aliphatic rings. The smallest absolute Gasteiger partial charge is 0.340 e. The van der Waals surface area contributed by atoms with Crippen molar-refractivity contribution in [3.05, 3.63) is 46.1 Å². The third kappa shape index (κ3) is 2.64. The van der Waals surface area contributed by atoms with Crippen LogP contribution >= 0.6 is 23.2 Å². The van der Waals surface area contributed by atoms with Crippen LogP contribution in [0.1, 0.15) is 10.4 Å². The largest absolute Gasteiger partial charge is 0.465 e. The van der Waals surface area contributed by atoms with E-state index >= 15 is 0 Å². The number of nitrogen functional groups attached to an aromatic ring is 1. The molecule has 2 aromatic rings. The zero-order valence-corrected chi connectivity index (χ0v) is 11.5. The summed E-state index contributed by atoms with van der Waals surface area (Å²) < 4.78 is 4.66. The van der Waals surface area contributed by atoms with Gasteiger partial charge in [-0.3, -0.25) is 4.98 Å². The Kier molecular flexibility index (Phi) is 3.93. The lowest BCUT2D eigenvalue weighted by Gasteiger charge is -2.09. The first-order valence-corrected chi connectivity index (χ1v) is 6.08. The standard InChI is InChI=1S/C13H10Cl2N2O2/c1-19-13(18)8-4-5-17-12(11(8)16)7-2-3-9(14)10(15)6-7/h2-6H,16H2,1H3. The van der Waals surface area contributed by atoms with Crippen LogP contribution in [0.3, 0.4) is 0 Å². The van der Waals surface area contributed by atoms with Crippen molar-refractivity contribution in [2.24, 2.45) is 0 Å².